The van der Waals surface area contributed by atoms with Crippen LogP contribution in [0.4, 0.5) is 0 Å². The van der Waals surface area contributed by atoms with Gasteiger partial charge in [0, 0.05) is 19.5 Å². The Bertz CT molecular complexity index is 400. The Balaban J connectivity index is 2.21. The third-order valence-corrected chi connectivity index (χ3v) is 2.56. The number of carbonyl (C=O) groups is 1. The zero-order valence-corrected chi connectivity index (χ0v) is 10.6. The number of nitrogens with one attached hydrogen (secondary N) is 3. The number of amides is 1. The largest absolute Gasteiger partial charge is 0.370 e. The Hall–Kier alpha value is -1.88. The fourth-order valence-corrected chi connectivity index (χ4v) is 1.54. The summed E-state index contributed by atoms with van der Waals surface area (Å²) in [5, 5.41) is 12.3. The van der Waals surface area contributed by atoms with E-state index in [0.29, 0.717) is 13.0 Å². The number of carbonyl (C=O) groups excluding carboxylic acids is 1. The molecule has 0 heterocycles. The number of guanidine groups is 1. The van der Waals surface area contributed by atoms with Crippen LogP contribution < -0.4 is 16.4 Å². The summed E-state index contributed by atoms with van der Waals surface area (Å²) in [7, 11) is 0. The number of rotatable bonds is 6. The van der Waals surface area contributed by atoms with E-state index >= 15 is 0 Å². The molecule has 0 fully saturated rings. The van der Waals surface area contributed by atoms with Crippen molar-refractivity contribution in [1.82, 2.24) is 10.6 Å². The standard InChI is InChI=1S/C13H20N4O/c1-2-10-3-5-11(6-4-10)9-16-8-7-12(18)17-13(14)15/h3-6,16H,2,7-9H2,1H3,(H4,14,15,17,18). The molecule has 0 atom stereocenters. The molecule has 0 aromatic heterocycles. The number of hydrogen-bond donors (Lipinski definition) is 4. The predicted molar refractivity (Wildman–Crippen MR) is 72.2 cm³/mol. The maximum absolute atomic E-state index is 11.2. The van der Waals surface area contributed by atoms with E-state index in [0.717, 1.165) is 13.0 Å². The van der Waals surface area contributed by atoms with Crippen LogP contribution in [0.1, 0.15) is 24.5 Å². The Morgan fingerprint density at radius 3 is 2.44 bits per heavy atom. The average molecular weight is 248 g/mol. The molecule has 1 amide bonds. The zero-order valence-electron chi connectivity index (χ0n) is 10.6. The fraction of sp³-hybridized carbons (Fsp3) is 0.385. The van der Waals surface area contributed by atoms with Gasteiger partial charge in [-0.15, -0.1) is 0 Å². The summed E-state index contributed by atoms with van der Waals surface area (Å²) in [6.45, 7) is 3.42. The van der Waals surface area contributed by atoms with E-state index in [1.165, 1.54) is 11.1 Å². The van der Waals surface area contributed by atoms with Gasteiger partial charge < -0.3 is 11.1 Å². The first kappa shape index (κ1) is 14.2. The molecule has 5 heteroatoms. The minimum absolute atomic E-state index is 0.240. The summed E-state index contributed by atoms with van der Waals surface area (Å²) in [5.74, 6) is -0.550. The molecule has 0 aliphatic rings. The SMILES string of the molecule is CCc1ccc(CNCCC(=O)NC(=N)N)cc1. The van der Waals surface area contributed by atoms with Crippen LogP contribution in [0.15, 0.2) is 24.3 Å². The Labute approximate surface area is 107 Å². The van der Waals surface area contributed by atoms with Crippen molar-refractivity contribution in [1.29, 1.82) is 5.41 Å². The second-order valence-electron chi connectivity index (χ2n) is 4.06. The molecule has 0 saturated carbocycles. The fourth-order valence-electron chi connectivity index (χ4n) is 1.54. The first-order chi connectivity index (χ1) is 8.61. The Kier molecular flexibility index (Phi) is 5.87. The van der Waals surface area contributed by atoms with E-state index in [4.69, 9.17) is 11.1 Å². The van der Waals surface area contributed by atoms with Gasteiger partial charge in [-0.1, -0.05) is 31.2 Å². The number of benzene rings is 1. The third-order valence-electron chi connectivity index (χ3n) is 2.56. The summed E-state index contributed by atoms with van der Waals surface area (Å²) >= 11 is 0. The number of nitrogens with two attached hydrogens (primary N) is 1. The lowest BCUT2D eigenvalue weighted by Crippen LogP contribution is -2.37. The lowest BCUT2D eigenvalue weighted by atomic mass is 10.1. The van der Waals surface area contributed by atoms with Crippen LogP contribution in [0.2, 0.25) is 0 Å². The van der Waals surface area contributed by atoms with Crippen LogP contribution >= 0.6 is 0 Å². The van der Waals surface area contributed by atoms with E-state index in [2.05, 4.69) is 41.8 Å². The summed E-state index contributed by atoms with van der Waals surface area (Å²) in [6.07, 6.45) is 1.35. The van der Waals surface area contributed by atoms with Crippen LogP contribution in [-0.4, -0.2) is 18.4 Å². The van der Waals surface area contributed by atoms with Gasteiger partial charge in [-0.25, -0.2) is 0 Å². The molecule has 0 saturated heterocycles. The third kappa shape index (κ3) is 5.45. The maximum atomic E-state index is 11.2. The highest BCUT2D eigenvalue weighted by molar-refractivity contribution is 5.94. The first-order valence-corrected chi connectivity index (χ1v) is 6.04. The van der Waals surface area contributed by atoms with Crippen molar-refractivity contribution in [3.05, 3.63) is 35.4 Å². The lowest BCUT2D eigenvalue weighted by Gasteiger charge is -2.06. The van der Waals surface area contributed by atoms with Gasteiger partial charge in [0.15, 0.2) is 5.96 Å². The molecule has 0 radical (unpaired) electrons. The van der Waals surface area contributed by atoms with Crippen molar-refractivity contribution in [2.24, 2.45) is 5.73 Å². The van der Waals surface area contributed by atoms with Crippen molar-refractivity contribution >= 4 is 11.9 Å². The highest BCUT2D eigenvalue weighted by Crippen LogP contribution is 2.04. The van der Waals surface area contributed by atoms with Gasteiger partial charge in [-0.3, -0.25) is 15.5 Å². The Morgan fingerprint density at radius 2 is 1.89 bits per heavy atom. The molecule has 0 aliphatic carbocycles. The topological polar surface area (TPSA) is 91.0 Å². The highest BCUT2D eigenvalue weighted by atomic mass is 16.1. The van der Waals surface area contributed by atoms with Gasteiger partial charge in [0.25, 0.3) is 0 Å². The van der Waals surface area contributed by atoms with Crippen LogP contribution in [0, 0.1) is 5.41 Å². The van der Waals surface area contributed by atoms with Crippen LogP contribution in [-0.2, 0) is 17.8 Å². The normalized spacial score (nSPS) is 10.1. The molecule has 0 bridgehead atoms. The number of hydrogen-bond acceptors (Lipinski definition) is 3. The smallest absolute Gasteiger partial charge is 0.227 e. The molecule has 0 spiro atoms. The van der Waals surface area contributed by atoms with Gasteiger partial charge in [-0.2, -0.15) is 0 Å². The van der Waals surface area contributed by atoms with Gasteiger partial charge in [0.2, 0.25) is 5.91 Å². The van der Waals surface area contributed by atoms with Crippen LogP contribution in [0.5, 0.6) is 0 Å². The van der Waals surface area contributed by atoms with Crippen molar-refractivity contribution in [2.75, 3.05) is 6.54 Å². The monoisotopic (exact) mass is 248 g/mol. The summed E-state index contributed by atoms with van der Waals surface area (Å²) < 4.78 is 0. The minimum atomic E-state index is -0.310. The molecular weight excluding hydrogens is 228 g/mol. The number of aryl methyl sites for hydroxylation is 1. The molecule has 98 valence electrons. The van der Waals surface area contributed by atoms with E-state index < -0.39 is 0 Å². The van der Waals surface area contributed by atoms with E-state index in [1.54, 1.807) is 0 Å². The van der Waals surface area contributed by atoms with Crippen LogP contribution in [0.25, 0.3) is 0 Å². The molecule has 1 aromatic rings. The molecule has 5 N–H and O–H groups in total. The van der Waals surface area contributed by atoms with Crippen molar-refractivity contribution in [3.63, 3.8) is 0 Å². The van der Waals surface area contributed by atoms with E-state index in [1.807, 2.05) is 0 Å². The van der Waals surface area contributed by atoms with Crippen LogP contribution in [0.3, 0.4) is 0 Å². The average Bonchev–Trinajstić information content (AvgIpc) is 2.34. The van der Waals surface area contributed by atoms with Crippen molar-refractivity contribution in [3.8, 4) is 0 Å². The summed E-state index contributed by atoms with van der Waals surface area (Å²) in [6, 6.07) is 8.39. The second kappa shape index (κ2) is 7.45. The summed E-state index contributed by atoms with van der Waals surface area (Å²) in [5.41, 5.74) is 7.56. The highest BCUT2D eigenvalue weighted by Gasteiger charge is 2.01. The molecule has 1 rings (SSSR count). The molecular formula is C13H20N4O. The van der Waals surface area contributed by atoms with E-state index in [9.17, 15) is 4.79 Å². The molecule has 5 nitrogen and oxygen atoms in total. The maximum Gasteiger partial charge on any atom is 0.227 e. The van der Waals surface area contributed by atoms with Gasteiger partial charge >= 0.3 is 0 Å². The predicted octanol–water partition coefficient (Wildman–Crippen LogP) is 0.738. The van der Waals surface area contributed by atoms with Gasteiger partial charge in [-0.05, 0) is 17.5 Å². The summed E-state index contributed by atoms with van der Waals surface area (Å²) in [4.78, 5) is 11.2. The zero-order chi connectivity index (χ0) is 13.4. The quantitative estimate of drug-likeness (QED) is 0.340. The molecule has 18 heavy (non-hydrogen) atoms. The second-order valence-corrected chi connectivity index (χ2v) is 4.06. The van der Waals surface area contributed by atoms with E-state index in [-0.39, 0.29) is 11.9 Å². The van der Waals surface area contributed by atoms with Gasteiger partial charge in [0.1, 0.15) is 0 Å². The van der Waals surface area contributed by atoms with Crippen molar-refractivity contribution in [2.45, 2.75) is 26.3 Å². The van der Waals surface area contributed by atoms with Crippen molar-refractivity contribution < 1.29 is 4.79 Å². The minimum Gasteiger partial charge on any atom is -0.370 e. The molecule has 0 aliphatic heterocycles. The molecule has 1 aromatic carbocycles. The van der Waals surface area contributed by atoms with Gasteiger partial charge in [0.05, 0.1) is 0 Å². The molecule has 0 unspecified atom stereocenters. The Morgan fingerprint density at radius 1 is 1.28 bits per heavy atom. The first-order valence-electron chi connectivity index (χ1n) is 6.04. The lowest BCUT2D eigenvalue weighted by molar-refractivity contribution is -0.119.